The van der Waals surface area contributed by atoms with Crippen LogP contribution in [0.1, 0.15) is 19.8 Å². The van der Waals surface area contributed by atoms with E-state index < -0.39 is 0 Å². The molecule has 194 valence electrons. The van der Waals surface area contributed by atoms with Crippen LogP contribution in [0.5, 0.6) is 0 Å². The quantitative estimate of drug-likeness (QED) is 0.550. The second kappa shape index (κ2) is 10.8. The summed E-state index contributed by atoms with van der Waals surface area (Å²) in [6.07, 6.45) is 1.24. The van der Waals surface area contributed by atoms with E-state index >= 15 is 0 Å². The van der Waals surface area contributed by atoms with Crippen molar-refractivity contribution in [1.29, 1.82) is 0 Å². The minimum Gasteiger partial charge on any atom is -0.450 e. The Balaban J connectivity index is 1.42. The Morgan fingerprint density at radius 3 is 2.49 bits per heavy atom. The average molecular weight is 523 g/mol. The first-order valence-electron chi connectivity index (χ1n) is 12.8. The number of H-pyrrole nitrogens is 1. The van der Waals surface area contributed by atoms with Gasteiger partial charge in [-0.2, -0.15) is 0 Å². The van der Waals surface area contributed by atoms with Crippen molar-refractivity contribution >= 4 is 40.2 Å². The number of nitrogens with zero attached hydrogens (tertiary/aromatic N) is 3. The second-order valence-electron chi connectivity index (χ2n) is 9.53. The van der Waals surface area contributed by atoms with Crippen LogP contribution < -0.4 is 10.5 Å². The van der Waals surface area contributed by atoms with E-state index in [9.17, 15) is 14.4 Å². The van der Waals surface area contributed by atoms with Crippen molar-refractivity contribution in [2.24, 2.45) is 5.92 Å². The molecule has 1 N–H and O–H groups in total. The summed E-state index contributed by atoms with van der Waals surface area (Å²) < 4.78 is 5.09. The molecule has 2 aliphatic heterocycles. The fourth-order valence-corrected chi connectivity index (χ4v) is 5.59. The maximum absolute atomic E-state index is 13.5. The molecular formula is C28H31ClN4O4. The van der Waals surface area contributed by atoms with Gasteiger partial charge in [0.1, 0.15) is 5.69 Å². The van der Waals surface area contributed by atoms with Crippen LogP contribution in [0, 0.1) is 5.92 Å². The molecule has 37 heavy (non-hydrogen) atoms. The molecule has 3 aromatic rings. The van der Waals surface area contributed by atoms with Gasteiger partial charge in [0, 0.05) is 60.8 Å². The summed E-state index contributed by atoms with van der Waals surface area (Å²) in [5, 5.41) is 1.47. The maximum atomic E-state index is 13.5. The van der Waals surface area contributed by atoms with Gasteiger partial charge in [0.05, 0.1) is 12.5 Å². The molecule has 0 bridgehead atoms. The molecule has 2 aromatic carbocycles. The molecule has 0 radical (unpaired) electrons. The molecular weight excluding hydrogens is 492 g/mol. The van der Waals surface area contributed by atoms with Crippen molar-refractivity contribution in [3.05, 3.63) is 63.9 Å². The highest BCUT2D eigenvalue weighted by atomic mass is 35.5. The lowest BCUT2D eigenvalue weighted by molar-refractivity contribution is -0.137. The van der Waals surface area contributed by atoms with Crippen LogP contribution in [0.3, 0.4) is 0 Å². The Labute approximate surface area is 220 Å². The van der Waals surface area contributed by atoms with Crippen LogP contribution in [0.15, 0.2) is 53.3 Å². The Bertz CT molecular complexity index is 1350. The van der Waals surface area contributed by atoms with Crippen LogP contribution >= 0.6 is 11.6 Å². The topological polar surface area (TPSA) is 85.9 Å². The fraction of sp³-hybridized carbons (Fsp3) is 0.393. The van der Waals surface area contributed by atoms with Crippen molar-refractivity contribution in [2.45, 2.75) is 19.8 Å². The van der Waals surface area contributed by atoms with Gasteiger partial charge in [0.2, 0.25) is 5.91 Å². The largest absolute Gasteiger partial charge is 0.450 e. The van der Waals surface area contributed by atoms with Gasteiger partial charge in [-0.25, -0.2) is 4.79 Å². The van der Waals surface area contributed by atoms with Gasteiger partial charge in [-0.1, -0.05) is 41.9 Å². The summed E-state index contributed by atoms with van der Waals surface area (Å²) >= 11 is 6.37. The lowest BCUT2D eigenvalue weighted by atomic mass is 9.93. The summed E-state index contributed by atoms with van der Waals surface area (Å²) in [6, 6.07) is 15.3. The van der Waals surface area contributed by atoms with E-state index in [4.69, 9.17) is 16.3 Å². The van der Waals surface area contributed by atoms with Crippen molar-refractivity contribution in [1.82, 2.24) is 14.8 Å². The minimum atomic E-state index is -0.331. The first kappa shape index (κ1) is 25.1. The van der Waals surface area contributed by atoms with Crippen molar-refractivity contribution in [2.75, 3.05) is 50.8 Å². The third kappa shape index (κ3) is 5.16. The normalized spacial score (nSPS) is 18.2. The summed E-state index contributed by atoms with van der Waals surface area (Å²) in [5.74, 6) is -0.143. The molecule has 0 aliphatic carbocycles. The number of aromatic nitrogens is 1. The lowest BCUT2D eigenvalue weighted by Gasteiger charge is -2.39. The van der Waals surface area contributed by atoms with Gasteiger partial charge in [-0.05, 0) is 43.5 Å². The number of amides is 2. The molecule has 1 atom stereocenters. The molecule has 1 aromatic heterocycles. The van der Waals surface area contributed by atoms with Gasteiger partial charge in [0.15, 0.2) is 0 Å². The summed E-state index contributed by atoms with van der Waals surface area (Å²) in [5.41, 5.74) is 2.88. The minimum absolute atomic E-state index is 0.0785. The molecule has 2 fully saturated rings. The molecule has 5 rings (SSSR count). The van der Waals surface area contributed by atoms with E-state index in [1.807, 2.05) is 47.4 Å². The number of piperidine rings is 1. The van der Waals surface area contributed by atoms with Crippen molar-refractivity contribution < 1.29 is 14.3 Å². The van der Waals surface area contributed by atoms with Crippen LogP contribution in [0.25, 0.3) is 22.0 Å². The van der Waals surface area contributed by atoms with Crippen molar-refractivity contribution in [3.8, 4) is 11.1 Å². The van der Waals surface area contributed by atoms with E-state index in [1.54, 1.807) is 17.9 Å². The third-order valence-electron chi connectivity index (χ3n) is 7.22. The van der Waals surface area contributed by atoms with Crippen molar-refractivity contribution in [3.63, 3.8) is 0 Å². The Morgan fingerprint density at radius 2 is 1.76 bits per heavy atom. The highest BCUT2D eigenvalue weighted by Crippen LogP contribution is 2.37. The predicted molar refractivity (Wildman–Crippen MR) is 145 cm³/mol. The summed E-state index contributed by atoms with van der Waals surface area (Å²) in [7, 11) is 0. The Hall–Kier alpha value is -3.52. The molecule has 0 saturated carbocycles. The number of rotatable bonds is 4. The highest BCUT2D eigenvalue weighted by Gasteiger charge is 2.34. The third-order valence-corrected chi connectivity index (χ3v) is 7.45. The predicted octanol–water partition coefficient (Wildman–Crippen LogP) is 4.37. The number of hydrogen-bond donors (Lipinski definition) is 1. The summed E-state index contributed by atoms with van der Waals surface area (Å²) in [4.78, 5) is 47.6. The molecule has 3 heterocycles. The molecule has 2 saturated heterocycles. The second-order valence-corrected chi connectivity index (χ2v) is 9.97. The monoisotopic (exact) mass is 522 g/mol. The number of fused-ring (bicyclic) bond motifs is 1. The maximum Gasteiger partial charge on any atom is 0.409 e. The number of anilines is 1. The van der Waals surface area contributed by atoms with E-state index in [-0.39, 0.29) is 23.5 Å². The molecule has 9 heteroatoms. The molecule has 0 spiro atoms. The van der Waals surface area contributed by atoms with Crippen LogP contribution in [-0.2, 0) is 9.53 Å². The first-order valence-corrected chi connectivity index (χ1v) is 13.2. The number of ether oxygens (including phenoxy) is 1. The van der Waals surface area contributed by atoms with Gasteiger partial charge >= 0.3 is 6.09 Å². The SMILES string of the molecule is CCOC(=O)N1CCN(C(=O)[C@H]2CCCN(c3c(-c4ccccc4)c4cc(Cl)ccc4[nH]c3=O)C2)CC1. The number of piperazine rings is 1. The van der Waals surface area contributed by atoms with E-state index in [0.29, 0.717) is 56.6 Å². The molecule has 2 aliphatic rings. The van der Waals surface area contributed by atoms with Crippen LogP contribution in [0.4, 0.5) is 10.5 Å². The van der Waals surface area contributed by atoms with Gasteiger partial charge in [-0.3, -0.25) is 9.59 Å². The lowest BCUT2D eigenvalue weighted by Crippen LogP contribution is -2.54. The number of carbonyl (C=O) groups is 2. The smallest absolute Gasteiger partial charge is 0.409 e. The number of nitrogens with one attached hydrogen (secondary N) is 1. The molecule has 0 unspecified atom stereocenters. The van der Waals surface area contributed by atoms with E-state index in [1.165, 1.54) is 0 Å². The number of halogens is 1. The van der Waals surface area contributed by atoms with Gasteiger partial charge < -0.3 is 24.4 Å². The number of aromatic amines is 1. The Morgan fingerprint density at radius 1 is 1.03 bits per heavy atom. The number of carbonyl (C=O) groups excluding carboxylic acids is 2. The fourth-order valence-electron chi connectivity index (χ4n) is 5.42. The number of pyridine rings is 1. The zero-order valence-electron chi connectivity index (χ0n) is 20.9. The standard InChI is InChI=1S/C28H31ClN4O4/c1-2-37-28(36)32-15-13-31(14-16-32)27(35)20-9-6-12-33(18-20)25-24(19-7-4-3-5-8-19)22-17-21(29)10-11-23(22)30-26(25)34/h3-5,7-8,10-11,17,20H,2,6,9,12-16,18H2,1H3,(H,30,34)/t20-/m0/s1. The summed E-state index contributed by atoms with van der Waals surface area (Å²) in [6.45, 7) is 5.17. The van der Waals surface area contributed by atoms with Crippen LogP contribution in [-0.4, -0.2) is 72.7 Å². The van der Waals surface area contributed by atoms with E-state index in [0.717, 1.165) is 34.9 Å². The Kier molecular flexibility index (Phi) is 7.37. The molecule has 8 nitrogen and oxygen atoms in total. The number of benzene rings is 2. The van der Waals surface area contributed by atoms with E-state index in [2.05, 4.69) is 9.88 Å². The zero-order chi connectivity index (χ0) is 25.9. The molecule has 2 amide bonds. The first-order chi connectivity index (χ1) is 18.0. The number of hydrogen-bond acceptors (Lipinski definition) is 5. The average Bonchev–Trinajstić information content (AvgIpc) is 2.93. The zero-order valence-corrected chi connectivity index (χ0v) is 21.7. The van der Waals surface area contributed by atoms with Gasteiger partial charge in [0.25, 0.3) is 5.56 Å². The van der Waals surface area contributed by atoms with Crippen LogP contribution in [0.2, 0.25) is 5.02 Å². The van der Waals surface area contributed by atoms with Gasteiger partial charge in [-0.15, -0.1) is 0 Å². The highest BCUT2D eigenvalue weighted by molar-refractivity contribution is 6.31.